The summed E-state index contributed by atoms with van der Waals surface area (Å²) in [6.07, 6.45) is 1.10. The molecule has 0 aromatic heterocycles. The molecule has 2 aromatic rings. The third kappa shape index (κ3) is 3.82. The molecule has 1 fully saturated rings. The predicted molar refractivity (Wildman–Crippen MR) is 105 cm³/mol. The number of nitro benzene ring substituents is 1. The summed E-state index contributed by atoms with van der Waals surface area (Å²) >= 11 is 4.97. The molecule has 0 bridgehead atoms. The topological polar surface area (TPSA) is 113 Å². The minimum absolute atomic E-state index is 0. The van der Waals surface area contributed by atoms with Gasteiger partial charge >= 0.3 is 5.69 Å². The normalized spacial score (nSPS) is 15.2. The summed E-state index contributed by atoms with van der Waals surface area (Å²) < 4.78 is 14.1. The third-order valence-corrected chi connectivity index (χ3v) is 3.99. The van der Waals surface area contributed by atoms with E-state index in [0.717, 1.165) is 29.2 Å². The van der Waals surface area contributed by atoms with Gasteiger partial charge in [-0.15, -0.1) is 12.4 Å². The minimum Gasteiger partial charge on any atom is -0.502 e. The van der Waals surface area contributed by atoms with Crippen LogP contribution in [0, 0.1) is 15.9 Å². The van der Waals surface area contributed by atoms with E-state index in [1.165, 1.54) is 24.3 Å². The van der Waals surface area contributed by atoms with E-state index >= 15 is 0 Å². The summed E-state index contributed by atoms with van der Waals surface area (Å²) in [6.45, 7) is 0. The highest BCUT2D eigenvalue weighted by molar-refractivity contribution is 7.80. The Labute approximate surface area is 168 Å². The van der Waals surface area contributed by atoms with Gasteiger partial charge in [-0.05, 0) is 42.1 Å². The third-order valence-electron chi connectivity index (χ3n) is 3.70. The molecule has 0 atom stereocenters. The van der Waals surface area contributed by atoms with E-state index in [1.807, 2.05) is 0 Å². The highest BCUT2D eigenvalue weighted by Gasteiger charge is 2.35. The first-order chi connectivity index (χ1) is 12.8. The van der Waals surface area contributed by atoms with Crippen LogP contribution in [0.15, 0.2) is 48.0 Å². The number of aromatic hydroxyl groups is 1. The number of anilines is 1. The Kier molecular flexibility index (Phi) is 6.06. The van der Waals surface area contributed by atoms with E-state index in [-0.39, 0.29) is 28.8 Å². The molecule has 2 N–H and O–H groups in total. The number of halogens is 2. The molecular weight excluding hydrogens is 413 g/mol. The number of carbonyl (C=O) groups is 2. The van der Waals surface area contributed by atoms with Gasteiger partial charge in [-0.25, -0.2) is 9.29 Å². The van der Waals surface area contributed by atoms with Gasteiger partial charge in [0.05, 0.1) is 10.6 Å². The molecule has 1 heterocycles. The fraction of sp³-hybridized carbons (Fsp3) is 0. The Morgan fingerprint density at radius 1 is 1.21 bits per heavy atom. The van der Waals surface area contributed by atoms with Gasteiger partial charge in [0.1, 0.15) is 11.4 Å². The first-order valence-corrected chi connectivity index (χ1v) is 7.84. The Morgan fingerprint density at radius 3 is 2.54 bits per heavy atom. The smallest absolute Gasteiger partial charge is 0.311 e. The van der Waals surface area contributed by atoms with Crippen LogP contribution in [0.3, 0.4) is 0 Å². The lowest BCUT2D eigenvalue weighted by atomic mass is 10.1. The van der Waals surface area contributed by atoms with Crippen LogP contribution in [-0.2, 0) is 9.59 Å². The number of nitro groups is 1. The number of amides is 2. The van der Waals surface area contributed by atoms with Crippen molar-refractivity contribution in [3.05, 3.63) is 69.5 Å². The monoisotopic (exact) mass is 423 g/mol. The van der Waals surface area contributed by atoms with E-state index in [4.69, 9.17) is 12.2 Å². The Hall–Kier alpha value is -3.37. The van der Waals surface area contributed by atoms with Crippen molar-refractivity contribution in [2.45, 2.75) is 0 Å². The predicted octanol–water partition coefficient (Wildman–Crippen LogP) is 2.69. The second kappa shape index (κ2) is 8.11. The summed E-state index contributed by atoms with van der Waals surface area (Å²) in [6, 6.07) is 8.74. The average molecular weight is 424 g/mol. The maximum atomic E-state index is 14.1. The zero-order valence-corrected chi connectivity index (χ0v) is 15.4. The van der Waals surface area contributed by atoms with Gasteiger partial charge in [-0.1, -0.05) is 18.2 Å². The van der Waals surface area contributed by atoms with Gasteiger partial charge in [-0.3, -0.25) is 25.0 Å². The molecule has 2 aromatic carbocycles. The minimum atomic E-state index is -0.885. The molecule has 0 radical (unpaired) electrons. The standard InChI is InChI=1S/C17H10FN3O5S.ClH/c18-11-3-1-2-4-12(11)20-16(24)10(15(23)19-17(20)27)7-9-5-6-14(22)13(8-9)21(25)26;/h1-8,22H,(H,19,23,27);1H/b10-7+;. The lowest BCUT2D eigenvalue weighted by Crippen LogP contribution is -2.54. The van der Waals surface area contributed by atoms with Crippen LogP contribution in [0.1, 0.15) is 5.56 Å². The van der Waals surface area contributed by atoms with Gasteiger partial charge in [0, 0.05) is 6.07 Å². The van der Waals surface area contributed by atoms with Crippen LogP contribution in [0.4, 0.5) is 15.8 Å². The SMILES string of the molecule is Cl.O=C1NC(=S)N(c2ccccc2F)C(=O)/C1=C/c1ccc(O)c([N+](=O)[O-])c1. The number of nitrogens with one attached hydrogen (secondary N) is 1. The fourth-order valence-electron chi connectivity index (χ4n) is 2.45. The second-order valence-corrected chi connectivity index (χ2v) is 5.80. The van der Waals surface area contributed by atoms with Crippen molar-refractivity contribution in [2.75, 3.05) is 4.90 Å². The molecule has 0 saturated carbocycles. The number of carbonyl (C=O) groups excluding carboxylic acids is 2. The first-order valence-electron chi connectivity index (χ1n) is 7.43. The molecule has 28 heavy (non-hydrogen) atoms. The number of nitrogens with zero attached hydrogens (tertiary/aromatic N) is 2. The highest BCUT2D eigenvalue weighted by atomic mass is 35.5. The molecule has 2 amide bonds. The molecule has 0 aliphatic carbocycles. The van der Waals surface area contributed by atoms with Crippen LogP contribution in [0.5, 0.6) is 5.75 Å². The van der Waals surface area contributed by atoms with Crippen molar-refractivity contribution in [1.82, 2.24) is 5.32 Å². The number of phenolic OH excluding ortho intramolecular Hbond substituents is 1. The Bertz CT molecular complexity index is 1040. The summed E-state index contributed by atoms with van der Waals surface area (Å²) in [7, 11) is 0. The zero-order chi connectivity index (χ0) is 19.7. The van der Waals surface area contributed by atoms with Crippen molar-refractivity contribution in [3.8, 4) is 5.75 Å². The van der Waals surface area contributed by atoms with Gasteiger partial charge in [0.2, 0.25) is 0 Å². The summed E-state index contributed by atoms with van der Waals surface area (Å²) in [4.78, 5) is 35.9. The number of rotatable bonds is 3. The van der Waals surface area contributed by atoms with E-state index in [2.05, 4.69) is 5.32 Å². The number of benzene rings is 2. The van der Waals surface area contributed by atoms with E-state index in [9.17, 15) is 29.2 Å². The quantitative estimate of drug-likeness (QED) is 0.258. The van der Waals surface area contributed by atoms with Crippen molar-refractivity contribution < 1.29 is 24.0 Å². The number of hydrogen-bond donors (Lipinski definition) is 2. The molecule has 1 aliphatic rings. The van der Waals surface area contributed by atoms with Crippen LogP contribution >= 0.6 is 24.6 Å². The van der Waals surface area contributed by atoms with E-state index < -0.39 is 39.6 Å². The molecule has 1 aliphatic heterocycles. The zero-order valence-electron chi connectivity index (χ0n) is 13.8. The summed E-state index contributed by atoms with van der Waals surface area (Å²) in [5.74, 6) is -2.99. The van der Waals surface area contributed by atoms with Crippen molar-refractivity contribution in [2.24, 2.45) is 0 Å². The lowest BCUT2D eigenvalue weighted by Gasteiger charge is -2.29. The van der Waals surface area contributed by atoms with E-state index in [0.29, 0.717) is 0 Å². The van der Waals surface area contributed by atoms with Gasteiger partial charge in [0.15, 0.2) is 10.9 Å². The lowest BCUT2D eigenvalue weighted by molar-refractivity contribution is -0.385. The maximum absolute atomic E-state index is 14.1. The number of phenols is 1. The average Bonchev–Trinajstić information content (AvgIpc) is 2.61. The number of thiocarbonyl (C=S) groups is 1. The van der Waals surface area contributed by atoms with Crippen LogP contribution in [-0.4, -0.2) is 27.0 Å². The largest absolute Gasteiger partial charge is 0.502 e. The molecule has 144 valence electrons. The van der Waals surface area contributed by atoms with Gasteiger partial charge in [0.25, 0.3) is 11.8 Å². The Morgan fingerprint density at radius 2 is 1.89 bits per heavy atom. The fourth-order valence-corrected chi connectivity index (χ4v) is 2.73. The molecule has 8 nitrogen and oxygen atoms in total. The van der Waals surface area contributed by atoms with Gasteiger partial charge < -0.3 is 5.11 Å². The van der Waals surface area contributed by atoms with Crippen LogP contribution in [0.25, 0.3) is 6.08 Å². The summed E-state index contributed by atoms with van der Waals surface area (Å²) in [5.41, 5.74) is -1.00. The van der Waals surface area contributed by atoms with Crippen LogP contribution < -0.4 is 10.2 Å². The van der Waals surface area contributed by atoms with Crippen LogP contribution in [0.2, 0.25) is 0 Å². The first kappa shape index (κ1) is 20.9. The van der Waals surface area contributed by atoms with Crippen molar-refractivity contribution >= 4 is 59.0 Å². The highest BCUT2D eigenvalue weighted by Crippen LogP contribution is 2.29. The molecule has 1 saturated heterocycles. The summed E-state index contributed by atoms with van der Waals surface area (Å²) in [5, 5.41) is 22.4. The van der Waals surface area contributed by atoms with Crippen molar-refractivity contribution in [1.29, 1.82) is 0 Å². The molecule has 11 heteroatoms. The number of hydrogen-bond acceptors (Lipinski definition) is 6. The van der Waals surface area contributed by atoms with Crippen molar-refractivity contribution in [3.63, 3.8) is 0 Å². The molecule has 0 spiro atoms. The Balaban J connectivity index is 0.00000280. The van der Waals surface area contributed by atoms with E-state index in [1.54, 1.807) is 0 Å². The van der Waals surface area contributed by atoms with Gasteiger partial charge in [-0.2, -0.15) is 0 Å². The molecular formula is C17H11ClFN3O5S. The molecule has 3 rings (SSSR count). The number of para-hydroxylation sites is 1. The second-order valence-electron chi connectivity index (χ2n) is 5.41. The maximum Gasteiger partial charge on any atom is 0.311 e. The molecule has 0 unspecified atom stereocenters.